The maximum atomic E-state index is 10.8. The second-order valence-electron chi connectivity index (χ2n) is 4.23. The third-order valence-corrected chi connectivity index (χ3v) is 3.04. The molecule has 0 amide bonds. The minimum atomic E-state index is -0.970. The highest BCUT2D eigenvalue weighted by atomic mass is 16.4. The van der Waals surface area contributed by atoms with Gasteiger partial charge >= 0.3 is 5.97 Å². The van der Waals surface area contributed by atoms with E-state index in [1.807, 2.05) is 28.8 Å². The highest BCUT2D eigenvalue weighted by molar-refractivity contribution is 5.88. The van der Waals surface area contributed by atoms with E-state index in [0.717, 1.165) is 11.1 Å². The Morgan fingerprint density at radius 2 is 1.95 bits per heavy atom. The number of nitrogens with zero attached hydrogens (tertiary/aromatic N) is 3. The SMILES string of the molecule is N#Cc1nc(-c2ccc(C(=O)O)cc2)n2ccccc12. The Labute approximate surface area is 114 Å². The topological polar surface area (TPSA) is 78.4 Å². The molecule has 0 spiro atoms. The molecular formula is C15H9N3O2. The largest absolute Gasteiger partial charge is 0.478 e. The van der Waals surface area contributed by atoms with Crippen molar-refractivity contribution in [1.82, 2.24) is 9.38 Å². The molecule has 1 aromatic carbocycles. The van der Waals surface area contributed by atoms with Gasteiger partial charge in [0.2, 0.25) is 0 Å². The summed E-state index contributed by atoms with van der Waals surface area (Å²) >= 11 is 0. The lowest BCUT2D eigenvalue weighted by atomic mass is 10.1. The van der Waals surface area contributed by atoms with Crippen LogP contribution in [0.15, 0.2) is 48.7 Å². The number of aromatic carboxylic acids is 1. The molecule has 1 N–H and O–H groups in total. The summed E-state index contributed by atoms with van der Waals surface area (Å²) in [7, 11) is 0. The number of nitriles is 1. The summed E-state index contributed by atoms with van der Waals surface area (Å²) in [6, 6.07) is 14.0. The second-order valence-corrected chi connectivity index (χ2v) is 4.23. The first-order valence-electron chi connectivity index (χ1n) is 5.91. The summed E-state index contributed by atoms with van der Waals surface area (Å²) < 4.78 is 1.81. The van der Waals surface area contributed by atoms with Gasteiger partial charge in [0.25, 0.3) is 0 Å². The summed E-state index contributed by atoms with van der Waals surface area (Å²) in [4.78, 5) is 15.2. The van der Waals surface area contributed by atoms with E-state index in [0.29, 0.717) is 11.5 Å². The molecule has 2 heterocycles. The molecule has 0 saturated carbocycles. The van der Waals surface area contributed by atoms with Crippen LogP contribution in [0.25, 0.3) is 16.9 Å². The first-order valence-corrected chi connectivity index (χ1v) is 5.91. The molecule has 0 aliphatic rings. The molecule has 3 aromatic rings. The van der Waals surface area contributed by atoms with Gasteiger partial charge in [0, 0.05) is 11.8 Å². The summed E-state index contributed by atoms with van der Waals surface area (Å²) in [5, 5.41) is 18.0. The van der Waals surface area contributed by atoms with Crippen LogP contribution in [0.5, 0.6) is 0 Å². The van der Waals surface area contributed by atoms with Gasteiger partial charge in [-0.05, 0) is 24.3 Å². The Morgan fingerprint density at radius 3 is 2.60 bits per heavy atom. The highest BCUT2D eigenvalue weighted by Gasteiger charge is 2.12. The van der Waals surface area contributed by atoms with Crippen LogP contribution in [-0.2, 0) is 0 Å². The fraction of sp³-hybridized carbons (Fsp3) is 0. The van der Waals surface area contributed by atoms with Crippen molar-refractivity contribution in [3.05, 3.63) is 59.9 Å². The lowest BCUT2D eigenvalue weighted by molar-refractivity contribution is 0.0697. The van der Waals surface area contributed by atoms with Crippen LogP contribution in [0.2, 0.25) is 0 Å². The molecule has 5 nitrogen and oxygen atoms in total. The molecule has 0 fully saturated rings. The normalized spacial score (nSPS) is 10.3. The number of imidazole rings is 1. The minimum Gasteiger partial charge on any atom is -0.478 e. The molecule has 3 rings (SSSR count). The zero-order valence-corrected chi connectivity index (χ0v) is 10.3. The van der Waals surface area contributed by atoms with E-state index >= 15 is 0 Å². The van der Waals surface area contributed by atoms with Crippen molar-refractivity contribution in [2.24, 2.45) is 0 Å². The molecule has 0 bridgehead atoms. The maximum Gasteiger partial charge on any atom is 0.335 e. The molecule has 96 valence electrons. The standard InChI is InChI=1S/C15H9N3O2/c16-9-12-13-3-1-2-8-18(13)14(17-12)10-4-6-11(7-5-10)15(19)20/h1-8H,(H,19,20). The molecule has 2 aromatic heterocycles. The smallest absolute Gasteiger partial charge is 0.335 e. The van der Waals surface area contributed by atoms with Crippen LogP contribution in [0.3, 0.4) is 0 Å². The van der Waals surface area contributed by atoms with Gasteiger partial charge in [-0.1, -0.05) is 18.2 Å². The van der Waals surface area contributed by atoms with Crippen molar-refractivity contribution in [1.29, 1.82) is 5.26 Å². The number of benzene rings is 1. The fourth-order valence-corrected chi connectivity index (χ4v) is 2.09. The summed E-state index contributed by atoms with van der Waals surface area (Å²) in [5.74, 6) is -0.351. The molecule has 20 heavy (non-hydrogen) atoms. The first kappa shape index (κ1) is 11.9. The van der Waals surface area contributed by atoms with Crippen molar-refractivity contribution in [3.8, 4) is 17.5 Å². The number of aromatic nitrogens is 2. The fourth-order valence-electron chi connectivity index (χ4n) is 2.09. The molecule has 0 saturated heterocycles. The van der Waals surface area contributed by atoms with Crippen LogP contribution in [0, 0.1) is 11.3 Å². The Kier molecular flexibility index (Phi) is 2.70. The summed E-state index contributed by atoms with van der Waals surface area (Å²) in [6.07, 6.45) is 1.82. The van der Waals surface area contributed by atoms with E-state index in [2.05, 4.69) is 11.1 Å². The number of hydrogen-bond donors (Lipinski definition) is 1. The lowest BCUT2D eigenvalue weighted by Crippen LogP contribution is -1.96. The van der Waals surface area contributed by atoms with Gasteiger partial charge in [-0.2, -0.15) is 5.26 Å². The predicted molar refractivity (Wildman–Crippen MR) is 72.3 cm³/mol. The van der Waals surface area contributed by atoms with Crippen molar-refractivity contribution in [2.45, 2.75) is 0 Å². The van der Waals surface area contributed by atoms with Gasteiger partial charge in [0.05, 0.1) is 11.1 Å². The van der Waals surface area contributed by atoms with E-state index in [4.69, 9.17) is 10.4 Å². The summed E-state index contributed by atoms with van der Waals surface area (Å²) in [6.45, 7) is 0. The van der Waals surface area contributed by atoms with Gasteiger partial charge in [-0.3, -0.25) is 4.40 Å². The van der Waals surface area contributed by atoms with Gasteiger partial charge in [0.1, 0.15) is 11.9 Å². The molecule has 0 radical (unpaired) electrons. The van der Waals surface area contributed by atoms with Gasteiger partial charge in [-0.25, -0.2) is 9.78 Å². The van der Waals surface area contributed by atoms with Gasteiger partial charge in [-0.15, -0.1) is 0 Å². The number of pyridine rings is 1. The Hall–Kier alpha value is -3.13. The molecule has 0 unspecified atom stereocenters. The monoisotopic (exact) mass is 263 g/mol. The number of carboxylic acid groups (broad SMARTS) is 1. The van der Waals surface area contributed by atoms with Crippen molar-refractivity contribution < 1.29 is 9.90 Å². The summed E-state index contributed by atoms with van der Waals surface area (Å²) in [5.41, 5.74) is 2.06. The zero-order chi connectivity index (χ0) is 14.1. The van der Waals surface area contributed by atoms with Crippen molar-refractivity contribution >= 4 is 11.5 Å². The van der Waals surface area contributed by atoms with Crippen molar-refractivity contribution in [2.75, 3.05) is 0 Å². The number of rotatable bonds is 2. The molecule has 5 heteroatoms. The van der Waals surface area contributed by atoms with Crippen molar-refractivity contribution in [3.63, 3.8) is 0 Å². The third kappa shape index (κ3) is 1.80. The molecule has 0 atom stereocenters. The lowest BCUT2D eigenvalue weighted by Gasteiger charge is -2.01. The van der Waals surface area contributed by atoms with E-state index in [1.54, 1.807) is 12.1 Å². The van der Waals surface area contributed by atoms with E-state index in [1.165, 1.54) is 12.1 Å². The average molecular weight is 263 g/mol. The van der Waals surface area contributed by atoms with Crippen LogP contribution in [0.1, 0.15) is 16.1 Å². The minimum absolute atomic E-state index is 0.218. The third-order valence-electron chi connectivity index (χ3n) is 3.04. The van der Waals surface area contributed by atoms with E-state index in [-0.39, 0.29) is 5.56 Å². The molecule has 0 aliphatic heterocycles. The zero-order valence-electron chi connectivity index (χ0n) is 10.3. The van der Waals surface area contributed by atoms with E-state index in [9.17, 15) is 4.79 Å². The first-order chi connectivity index (χ1) is 9.70. The number of hydrogen-bond acceptors (Lipinski definition) is 3. The molecule has 0 aliphatic carbocycles. The van der Waals surface area contributed by atoms with Crippen LogP contribution < -0.4 is 0 Å². The quantitative estimate of drug-likeness (QED) is 0.770. The average Bonchev–Trinajstić information content (AvgIpc) is 2.86. The number of carboxylic acids is 1. The van der Waals surface area contributed by atoms with Gasteiger partial charge < -0.3 is 5.11 Å². The van der Waals surface area contributed by atoms with Crippen LogP contribution in [0.4, 0.5) is 0 Å². The predicted octanol–water partition coefficient (Wildman–Crippen LogP) is 2.57. The Morgan fingerprint density at radius 1 is 1.20 bits per heavy atom. The van der Waals surface area contributed by atoms with Gasteiger partial charge in [0.15, 0.2) is 5.69 Å². The Balaban J connectivity index is 2.20. The highest BCUT2D eigenvalue weighted by Crippen LogP contribution is 2.22. The van der Waals surface area contributed by atoms with E-state index < -0.39 is 5.97 Å². The number of fused-ring (bicyclic) bond motifs is 1. The maximum absolute atomic E-state index is 10.8. The Bertz CT molecular complexity index is 842. The number of carbonyl (C=O) groups is 1. The van der Waals surface area contributed by atoms with Crippen LogP contribution >= 0.6 is 0 Å². The second kappa shape index (κ2) is 4.52. The van der Waals surface area contributed by atoms with Crippen LogP contribution in [-0.4, -0.2) is 20.5 Å². The molecular weight excluding hydrogens is 254 g/mol.